The van der Waals surface area contributed by atoms with Crippen molar-refractivity contribution in [1.82, 2.24) is 9.62 Å². The lowest BCUT2D eigenvalue weighted by Crippen LogP contribution is -2.45. The Morgan fingerprint density at radius 3 is 2.82 bits per heavy atom. The van der Waals surface area contributed by atoms with E-state index < -0.39 is 22.0 Å². The number of ether oxygens (including phenoxy) is 3. The molecule has 2 N–H and O–H groups in total. The van der Waals surface area contributed by atoms with Gasteiger partial charge < -0.3 is 24.8 Å². The Morgan fingerprint density at radius 2 is 1.97 bits per heavy atom. The minimum Gasteiger partial charge on any atom is -0.482 e. The summed E-state index contributed by atoms with van der Waals surface area (Å²) in [4.78, 5) is 24.2. The van der Waals surface area contributed by atoms with E-state index in [4.69, 9.17) is 25.8 Å². The van der Waals surface area contributed by atoms with Crippen molar-refractivity contribution in [1.29, 1.82) is 0 Å². The molecule has 10 nitrogen and oxygen atoms in total. The summed E-state index contributed by atoms with van der Waals surface area (Å²) >= 11 is 6.25. The van der Waals surface area contributed by atoms with Gasteiger partial charge in [-0.05, 0) is 36.6 Å². The van der Waals surface area contributed by atoms with Crippen LogP contribution in [0.2, 0.25) is 5.02 Å². The summed E-state index contributed by atoms with van der Waals surface area (Å²) in [6, 6.07) is 7.10. The molecule has 1 atom stereocenters. The molecule has 1 unspecified atom stereocenters. The van der Waals surface area contributed by atoms with Crippen LogP contribution in [0.4, 0.5) is 5.69 Å². The predicted octanol–water partition coefficient (Wildman–Crippen LogP) is 1.87. The van der Waals surface area contributed by atoms with E-state index >= 15 is 0 Å². The van der Waals surface area contributed by atoms with Gasteiger partial charge in [-0.3, -0.25) is 9.59 Å². The average Bonchev–Trinajstić information content (AvgIpc) is 3.46. The molecule has 0 aliphatic carbocycles. The summed E-state index contributed by atoms with van der Waals surface area (Å²) in [5, 5.41) is 5.33. The van der Waals surface area contributed by atoms with Crippen LogP contribution in [0, 0.1) is 0 Å². The Labute approximate surface area is 194 Å². The maximum atomic E-state index is 13.4. The van der Waals surface area contributed by atoms with Crippen molar-refractivity contribution in [3.05, 3.63) is 40.9 Å². The Bertz CT molecular complexity index is 1250. The third-order valence-electron chi connectivity index (χ3n) is 5.66. The van der Waals surface area contributed by atoms with Gasteiger partial charge >= 0.3 is 0 Å². The van der Waals surface area contributed by atoms with Crippen LogP contribution >= 0.6 is 11.6 Å². The van der Waals surface area contributed by atoms with E-state index in [9.17, 15) is 18.0 Å². The van der Waals surface area contributed by atoms with Gasteiger partial charge in [-0.15, -0.1) is 0 Å². The molecule has 0 bridgehead atoms. The molecule has 2 amide bonds. The lowest BCUT2D eigenvalue weighted by molar-refractivity contribution is -0.124. The smallest absolute Gasteiger partial charge is 0.262 e. The van der Waals surface area contributed by atoms with Crippen molar-refractivity contribution in [3.8, 4) is 17.2 Å². The number of anilines is 1. The topological polar surface area (TPSA) is 123 Å². The summed E-state index contributed by atoms with van der Waals surface area (Å²) in [6.07, 6.45) is 0.928. The second-order valence-electron chi connectivity index (χ2n) is 7.79. The number of fused-ring (bicyclic) bond motifs is 2. The van der Waals surface area contributed by atoms with Crippen LogP contribution < -0.4 is 24.8 Å². The normalized spacial score (nSPS) is 19.5. The molecule has 0 spiro atoms. The zero-order chi connectivity index (χ0) is 23.2. The van der Waals surface area contributed by atoms with Crippen molar-refractivity contribution in [3.63, 3.8) is 0 Å². The van der Waals surface area contributed by atoms with Crippen LogP contribution in [0.3, 0.4) is 0 Å². The predicted molar refractivity (Wildman–Crippen MR) is 117 cm³/mol. The van der Waals surface area contributed by atoms with Gasteiger partial charge in [0.25, 0.3) is 5.91 Å². The maximum absolute atomic E-state index is 13.4. The standard InChI is InChI=1S/C21H20ClN3O7S/c22-13-7-14-17(30-10-20(26)24-14)8-19(13)33(28,29)25-5-1-2-15(25)21(27)23-9-12-3-4-16-18(6-12)32-11-31-16/h3-4,6-8,15H,1-2,5,9-11H2,(H,23,27)(H,24,26). The molecule has 0 aromatic heterocycles. The van der Waals surface area contributed by atoms with Crippen LogP contribution in [0.25, 0.3) is 0 Å². The van der Waals surface area contributed by atoms with Crippen molar-refractivity contribution >= 4 is 39.1 Å². The molecule has 33 heavy (non-hydrogen) atoms. The van der Waals surface area contributed by atoms with Crippen LogP contribution in [-0.2, 0) is 26.2 Å². The summed E-state index contributed by atoms with van der Waals surface area (Å²) < 4.78 is 43.9. The summed E-state index contributed by atoms with van der Waals surface area (Å²) in [6.45, 7) is 0.341. The largest absolute Gasteiger partial charge is 0.482 e. The highest BCUT2D eigenvalue weighted by Crippen LogP contribution is 2.38. The summed E-state index contributed by atoms with van der Waals surface area (Å²) in [5.41, 5.74) is 1.10. The number of carbonyl (C=O) groups is 2. The van der Waals surface area contributed by atoms with E-state index in [-0.39, 0.29) is 48.1 Å². The first-order valence-corrected chi connectivity index (χ1v) is 12.1. The fourth-order valence-corrected chi connectivity index (χ4v) is 6.23. The minimum absolute atomic E-state index is 0.0639. The minimum atomic E-state index is -4.09. The fraction of sp³-hybridized carbons (Fsp3) is 0.333. The van der Waals surface area contributed by atoms with Gasteiger partial charge in [-0.1, -0.05) is 17.7 Å². The molecular weight excluding hydrogens is 474 g/mol. The fourth-order valence-electron chi connectivity index (χ4n) is 4.05. The van der Waals surface area contributed by atoms with Gasteiger partial charge in [0.2, 0.25) is 22.7 Å². The second-order valence-corrected chi connectivity index (χ2v) is 10.1. The summed E-state index contributed by atoms with van der Waals surface area (Å²) in [5.74, 6) is 0.704. The number of nitrogens with zero attached hydrogens (tertiary/aromatic N) is 1. The van der Waals surface area contributed by atoms with Gasteiger partial charge in [-0.25, -0.2) is 8.42 Å². The van der Waals surface area contributed by atoms with Crippen molar-refractivity contribution in [2.45, 2.75) is 30.3 Å². The molecule has 3 aliphatic heterocycles. The molecular formula is C21H20ClN3O7S. The molecule has 0 radical (unpaired) electrons. The first-order valence-electron chi connectivity index (χ1n) is 10.3. The third kappa shape index (κ3) is 4.07. The number of amides is 2. The van der Waals surface area contributed by atoms with Gasteiger partial charge in [0.15, 0.2) is 18.1 Å². The quantitative estimate of drug-likeness (QED) is 0.651. The number of sulfonamides is 1. The van der Waals surface area contributed by atoms with E-state index in [0.717, 1.165) is 9.87 Å². The number of benzene rings is 2. The van der Waals surface area contributed by atoms with Crippen molar-refractivity contribution in [2.24, 2.45) is 0 Å². The maximum Gasteiger partial charge on any atom is 0.262 e. The van der Waals surface area contributed by atoms with E-state index in [1.165, 1.54) is 12.1 Å². The Hall–Kier alpha value is -3.02. The molecule has 2 aromatic carbocycles. The molecule has 3 aliphatic rings. The molecule has 1 fully saturated rings. The number of nitrogens with one attached hydrogen (secondary N) is 2. The summed E-state index contributed by atoms with van der Waals surface area (Å²) in [7, 11) is -4.09. The third-order valence-corrected chi connectivity index (χ3v) is 8.04. The van der Waals surface area contributed by atoms with Gasteiger partial charge in [0.05, 0.1) is 10.7 Å². The molecule has 174 valence electrons. The highest BCUT2D eigenvalue weighted by molar-refractivity contribution is 7.89. The molecule has 5 rings (SSSR count). The lowest BCUT2D eigenvalue weighted by atomic mass is 10.2. The molecule has 1 saturated heterocycles. The van der Waals surface area contributed by atoms with Crippen LogP contribution in [0.15, 0.2) is 35.2 Å². The van der Waals surface area contributed by atoms with Gasteiger partial charge in [0.1, 0.15) is 16.7 Å². The number of hydrogen-bond donors (Lipinski definition) is 2. The lowest BCUT2D eigenvalue weighted by Gasteiger charge is -2.25. The van der Waals surface area contributed by atoms with Crippen LogP contribution in [0.5, 0.6) is 17.2 Å². The van der Waals surface area contributed by atoms with E-state index in [1.54, 1.807) is 12.1 Å². The first kappa shape index (κ1) is 21.8. The monoisotopic (exact) mass is 493 g/mol. The molecule has 2 aromatic rings. The molecule has 3 heterocycles. The van der Waals surface area contributed by atoms with Crippen molar-refractivity contribution in [2.75, 3.05) is 25.3 Å². The Kier molecular flexibility index (Phi) is 5.55. The number of rotatable bonds is 5. The van der Waals surface area contributed by atoms with Crippen LogP contribution in [-0.4, -0.2) is 50.5 Å². The highest BCUT2D eigenvalue weighted by Gasteiger charge is 2.40. The van der Waals surface area contributed by atoms with Crippen LogP contribution in [0.1, 0.15) is 18.4 Å². The Balaban J connectivity index is 1.33. The number of hydrogen-bond acceptors (Lipinski definition) is 7. The zero-order valence-electron chi connectivity index (χ0n) is 17.3. The highest BCUT2D eigenvalue weighted by atomic mass is 35.5. The number of carbonyl (C=O) groups excluding carboxylic acids is 2. The number of halogens is 1. The molecule has 0 saturated carbocycles. The molecule has 12 heteroatoms. The van der Waals surface area contributed by atoms with E-state index in [0.29, 0.717) is 30.0 Å². The first-order chi connectivity index (χ1) is 15.8. The Morgan fingerprint density at radius 1 is 1.15 bits per heavy atom. The van der Waals surface area contributed by atoms with E-state index in [1.807, 2.05) is 6.07 Å². The van der Waals surface area contributed by atoms with Crippen molar-refractivity contribution < 1.29 is 32.2 Å². The van der Waals surface area contributed by atoms with Gasteiger partial charge in [0, 0.05) is 19.2 Å². The SMILES string of the molecule is O=C1COc2cc(S(=O)(=O)N3CCCC3C(=O)NCc3ccc4c(c3)OCO4)c(Cl)cc2N1. The average molecular weight is 494 g/mol. The second kappa shape index (κ2) is 8.40. The zero-order valence-corrected chi connectivity index (χ0v) is 18.9. The van der Waals surface area contributed by atoms with E-state index in [2.05, 4.69) is 10.6 Å². The van der Waals surface area contributed by atoms with Gasteiger partial charge in [-0.2, -0.15) is 4.31 Å².